The molecule has 0 spiro atoms. The number of aromatic nitrogens is 2. The zero-order valence-corrected chi connectivity index (χ0v) is 17.6. The molecule has 27 heavy (non-hydrogen) atoms. The molecule has 0 saturated carbocycles. The van der Waals surface area contributed by atoms with Crippen LogP contribution in [0.25, 0.3) is 11.0 Å². The van der Waals surface area contributed by atoms with Crippen LogP contribution in [-0.4, -0.2) is 58.6 Å². The van der Waals surface area contributed by atoms with Crippen molar-refractivity contribution in [1.29, 1.82) is 0 Å². The number of fused-ring (bicyclic) bond motifs is 1. The van der Waals surface area contributed by atoms with Crippen LogP contribution in [0.15, 0.2) is 29.4 Å². The van der Waals surface area contributed by atoms with E-state index in [1.165, 1.54) is 11.8 Å². The summed E-state index contributed by atoms with van der Waals surface area (Å²) < 4.78 is 25.8. The van der Waals surface area contributed by atoms with Gasteiger partial charge in [-0.05, 0) is 31.9 Å². The number of hydrogen-bond acceptors (Lipinski definition) is 5. The third-order valence-corrected chi connectivity index (χ3v) is 7.69. The topological polar surface area (TPSA) is 72.3 Å². The number of aryl methyl sites for hydroxylation is 1. The second kappa shape index (κ2) is 8.65. The molecule has 1 aromatic carbocycles. The largest absolute Gasteiger partial charge is 0.338 e. The fourth-order valence-electron chi connectivity index (χ4n) is 3.54. The van der Waals surface area contributed by atoms with Crippen LogP contribution in [0, 0.1) is 0 Å². The average Bonchev–Trinajstić information content (AvgIpc) is 3.19. The minimum Gasteiger partial charge on any atom is -0.338 e. The minimum atomic E-state index is -3.01. The highest BCUT2D eigenvalue weighted by molar-refractivity contribution is 7.99. The van der Waals surface area contributed by atoms with Crippen molar-refractivity contribution in [3.63, 3.8) is 0 Å². The first kappa shape index (κ1) is 20.2. The van der Waals surface area contributed by atoms with Crippen molar-refractivity contribution >= 4 is 38.5 Å². The van der Waals surface area contributed by atoms with Crippen LogP contribution in [-0.2, 0) is 21.2 Å². The van der Waals surface area contributed by atoms with E-state index in [1.807, 2.05) is 24.3 Å². The van der Waals surface area contributed by atoms with E-state index in [4.69, 9.17) is 0 Å². The van der Waals surface area contributed by atoms with Gasteiger partial charge in [-0.25, -0.2) is 13.4 Å². The molecule has 0 aliphatic carbocycles. The molecule has 1 atom stereocenters. The molecular weight excluding hydrogens is 382 g/mol. The van der Waals surface area contributed by atoms with Gasteiger partial charge in [0.15, 0.2) is 15.0 Å². The van der Waals surface area contributed by atoms with Crippen molar-refractivity contribution in [3.8, 4) is 0 Å². The molecule has 2 heterocycles. The number of carbonyl (C=O) groups is 1. The SMILES string of the molecule is CCCCN(C(=O)CSc1nc2ccccc2n1CC)[C@@H]1CCS(=O)(=O)C1. The molecule has 8 heteroatoms. The highest BCUT2D eigenvalue weighted by atomic mass is 32.2. The Labute approximate surface area is 165 Å². The van der Waals surface area contributed by atoms with Gasteiger partial charge in [-0.2, -0.15) is 0 Å². The van der Waals surface area contributed by atoms with E-state index in [-0.39, 0.29) is 29.2 Å². The normalized spacial score (nSPS) is 18.8. The predicted octanol–water partition coefficient (Wildman–Crippen LogP) is 2.96. The molecule has 1 fully saturated rings. The lowest BCUT2D eigenvalue weighted by atomic mass is 10.2. The van der Waals surface area contributed by atoms with E-state index in [0.717, 1.165) is 35.6 Å². The van der Waals surface area contributed by atoms with Crippen molar-refractivity contribution in [1.82, 2.24) is 14.5 Å². The number of imidazole rings is 1. The molecule has 0 unspecified atom stereocenters. The number of rotatable bonds is 8. The van der Waals surface area contributed by atoms with Gasteiger partial charge >= 0.3 is 0 Å². The quantitative estimate of drug-likeness (QED) is 0.627. The van der Waals surface area contributed by atoms with E-state index < -0.39 is 9.84 Å². The predicted molar refractivity (Wildman–Crippen MR) is 110 cm³/mol. The lowest BCUT2D eigenvalue weighted by Gasteiger charge is -2.28. The smallest absolute Gasteiger partial charge is 0.233 e. The molecule has 2 aromatic rings. The van der Waals surface area contributed by atoms with Crippen LogP contribution in [0.4, 0.5) is 0 Å². The van der Waals surface area contributed by atoms with Gasteiger partial charge in [-0.3, -0.25) is 4.79 Å². The van der Waals surface area contributed by atoms with Crippen molar-refractivity contribution in [2.45, 2.75) is 50.9 Å². The van der Waals surface area contributed by atoms with Gasteiger partial charge in [0.25, 0.3) is 0 Å². The molecular formula is C19H27N3O3S2. The summed E-state index contributed by atoms with van der Waals surface area (Å²) >= 11 is 1.44. The first-order valence-corrected chi connectivity index (χ1v) is 12.3. The molecule has 1 aromatic heterocycles. The Hall–Kier alpha value is -1.54. The van der Waals surface area contributed by atoms with E-state index >= 15 is 0 Å². The van der Waals surface area contributed by atoms with E-state index in [0.29, 0.717) is 13.0 Å². The van der Waals surface area contributed by atoms with Gasteiger partial charge in [0.1, 0.15) is 0 Å². The van der Waals surface area contributed by atoms with E-state index in [9.17, 15) is 13.2 Å². The molecule has 0 radical (unpaired) electrons. The summed E-state index contributed by atoms with van der Waals surface area (Å²) in [7, 11) is -3.01. The minimum absolute atomic E-state index is 0.00487. The first-order chi connectivity index (χ1) is 12.9. The maximum Gasteiger partial charge on any atom is 0.233 e. The molecule has 148 valence electrons. The summed E-state index contributed by atoms with van der Waals surface area (Å²) in [4.78, 5) is 19.4. The number of amides is 1. The molecule has 0 N–H and O–H groups in total. The summed E-state index contributed by atoms with van der Waals surface area (Å²) in [6.45, 7) is 5.56. The van der Waals surface area contributed by atoms with Gasteiger partial charge in [-0.1, -0.05) is 37.2 Å². The fraction of sp³-hybridized carbons (Fsp3) is 0.579. The molecule has 1 aliphatic heterocycles. The molecule has 6 nitrogen and oxygen atoms in total. The van der Waals surface area contributed by atoms with Crippen molar-refractivity contribution < 1.29 is 13.2 Å². The highest BCUT2D eigenvalue weighted by Crippen LogP contribution is 2.25. The summed E-state index contributed by atoms with van der Waals surface area (Å²) in [6.07, 6.45) is 2.42. The Morgan fingerprint density at radius 3 is 2.78 bits per heavy atom. The molecule has 0 bridgehead atoms. The van der Waals surface area contributed by atoms with Crippen molar-refractivity contribution in [2.75, 3.05) is 23.8 Å². The maximum atomic E-state index is 12.9. The monoisotopic (exact) mass is 409 g/mol. The number of carbonyl (C=O) groups excluding carboxylic acids is 1. The van der Waals surface area contributed by atoms with Crippen LogP contribution in [0.5, 0.6) is 0 Å². The lowest BCUT2D eigenvalue weighted by molar-refractivity contribution is -0.130. The van der Waals surface area contributed by atoms with Crippen LogP contribution in [0.2, 0.25) is 0 Å². The van der Waals surface area contributed by atoms with Crippen LogP contribution < -0.4 is 0 Å². The van der Waals surface area contributed by atoms with Gasteiger partial charge < -0.3 is 9.47 Å². The summed E-state index contributed by atoms with van der Waals surface area (Å²) in [5.74, 6) is 0.571. The molecule has 1 saturated heterocycles. The second-order valence-electron chi connectivity index (χ2n) is 6.91. The third-order valence-electron chi connectivity index (χ3n) is 4.98. The summed E-state index contributed by atoms with van der Waals surface area (Å²) in [6, 6.07) is 7.78. The second-order valence-corrected chi connectivity index (χ2v) is 10.1. The third kappa shape index (κ3) is 4.66. The number of hydrogen-bond donors (Lipinski definition) is 0. The van der Waals surface area contributed by atoms with Gasteiger partial charge in [-0.15, -0.1) is 0 Å². The zero-order valence-electron chi connectivity index (χ0n) is 15.9. The summed E-state index contributed by atoms with van der Waals surface area (Å²) in [5, 5.41) is 0.835. The maximum absolute atomic E-state index is 12.9. The Bertz CT molecular complexity index is 908. The lowest BCUT2D eigenvalue weighted by Crippen LogP contribution is -2.42. The standard InChI is InChI=1S/C19H27N3O3S2/c1-3-5-11-22(15-10-12-27(24,25)14-15)18(23)13-26-19-20-16-8-6-7-9-17(16)21(19)4-2/h6-9,15H,3-5,10-14H2,1-2H3/t15-/m1/s1. The van der Waals surface area contributed by atoms with Gasteiger partial charge in [0, 0.05) is 19.1 Å². The van der Waals surface area contributed by atoms with Crippen LogP contribution >= 0.6 is 11.8 Å². The van der Waals surface area contributed by atoms with E-state index in [2.05, 4.69) is 23.4 Å². The summed E-state index contributed by atoms with van der Waals surface area (Å²) in [5.41, 5.74) is 2.00. The number of nitrogens with zero attached hydrogens (tertiary/aromatic N) is 3. The Balaban J connectivity index is 1.72. The number of para-hydroxylation sites is 2. The Morgan fingerprint density at radius 2 is 2.11 bits per heavy atom. The van der Waals surface area contributed by atoms with E-state index in [1.54, 1.807) is 4.90 Å². The van der Waals surface area contributed by atoms with Gasteiger partial charge in [0.05, 0.1) is 28.3 Å². The average molecular weight is 410 g/mol. The Kier molecular flexibility index (Phi) is 6.47. The van der Waals surface area contributed by atoms with Crippen LogP contribution in [0.1, 0.15) is 33.1 Å². The Morgan fingerprint density at radius 1 is 1.33 bits per heavy atom. The molecule has 3 rings (SSSR count). The van der Waals surface area contributed by atoms with Crippen molar-refractivity contribution in [3.05, 3.63) is 24.3 Å². The van der Waals surface area contributed by atoms with Crippen LogP contribution in [0.3, 0.4) is 0 Å². The number of sulfone groups is 1. The highest BCUT2D eigenvalue weighted by Gasteiger charge is 2.34. The fourth-order valence-corrected chi connectivity index (χ4v) is 6.23. The van der Waals surface area contributed by atoms with Gasteiger partial charge in [0.2, 0.25) is 5.91 Å². The van der Waals surface area contributed by atoms with Crippen molar-refractivity contribution in [2.24, 2.45) is 0 Å². The number of thioether (sulfide) groups is 1. The first-order valence-electron chi connectivity index (χ1n) is 9.53. The number of benzene rings is 1. The number of unbranched alkanes of at least 4 members (excludes halogenated alkanes) is 1. The molecule has 1 aliphatic rings. The molecule has 1 amide bonds. The zero-order chi connectivity index (χ0) is 19.4.